The van der Waals surface area contributed by atoms with Crippen LogP contribution in [0.3, 0.4) is 0 Å². The molecule has 114 valence electrons. The van der Waals surface area contributed by atoms with Gasteiger partial charge in [0.1, 0.15) is 0 Å². The number of nitrogens with one attached hydrogen (secondary N) is 1. The van der Waals surface area contributed by atoms with Crippen LogP contribution in [0.25, 0.3) is 0 Å². The lowest BCUT2D eigenvalue weighted by atomic mass is 10.1. The fraction of sp³-hybridized carbons (Fsp3) is 0.688. The van der Waals surface area contributed by atoms with Gasteiger partial charge in [-0.3, -0.25) is 4.98 Å². The molecule has 0 spiro atoms. The minimum Gasteiger partial charge on any atom is -0.380 e. The van der Waals surface area contributed by atoms with Gasteiger partial charge in [0.2, 0.25) is 0 Å². The summed E-state index contributed by atoms with van der Waals surface area (Å²) in [5.41, 5.74) is 3.61. The van der Waals surface area contributed by atoms with E-state index in [1.54, 1.807) is 0 Å². The molecule has 0 aromatic carbocycles. The van der Waals surface area contributed by atoms with Crippen LogP contribution < -0.4 is 10.2 Å². The largest absolute Gasteiger partial charge is 0.380 e. The van der Waals surface area contributed by atoms with Crippen LogP contribution in [0.4, 0.5) is 5.69 Å². The first-order chi connectivity index (χ1) is 9.72. The third kappa shape index (κ3) is 5.47. The second kappa shape index (κ2) is 9.72. The summed E-state index contributed by atoms with van der Waals surface area (Å²) in [6.07, 6.45) is 3.15. The van der Waals surface area contributed by atoms with E-state index < -0.39 is 0 Å². The van der Waals surface area contributed by atoms with Gasteiger partial charge in [-0.15, -0.1) is 0 Å². The molecule has 0 fully saturated rings. The van der Waals surface area contributed by atoms with Gasteiger partial charge in [-0.25, -0.2) is 0 Å². The van der Waals surface area contributed by atoms with Crippen molar-refractivity contribution in [1.82, 2.24) is 10.3 Å². The minimum absolute atomic E-state index is 0.771. The topological polar surface area (TPSA) is 37.4 Å². The first-order valence-corrected chi connectivity index (χ1v) is 7.71. The molecule has 1 heterocycles. The highest BCUT2D eigenvalue weighted by Crippen LogP contribution is 2.20. The lowest BCUT2D eigenvalue weighted by molar-refractivity contribution is 0.154. The van der Waals surface area contributed by atoms with Crippen molar-refractivity contribution in [2.45, 2.75) is 40.7 Å². The Hall–Kier alpha value is -1.13. The van der Waals surface area contributed by atoms with Gasteiger partial charge in [0.05, 0.1) is 6.61 Å². The van der Waals surface area contributed by atoms with E-state index in [0.717, 1.165) is 51.5 Å². The SMILES string of the molecule is CCCNCc1cnc(C)cc1N(CC)CCOCC. The number of pyridine rings is 1. The predicted molar refractivity (Wildman–Crippen MR) is 85.4 cm³/mol. The molecule has 0 saturated heterocycles. The molecule has 1 aromatic heterocycles. The van der Waals surface area contributed by atoms with Crippen LogP contribution in [0.15, 0.2) is 12.3 Å². The number of aryl methyl sites for hydroxylation is 1. The van der Waals surface area contributed by atoms with E-state index in [4.69, 9.17) is 4.74 Å². The van der Waals surface area contributed by atoms with Crippen molar-refractivity contribution in [3.63, 3.8) is 0 Å². The van der Waals surface area contributed by atoms with Gasteiger partial charge >= 0.3 is 0 Å². The van der Waals surface area contributed by atoms with Gasteiger partial charge in [0, 0.05) is 49.4 Å². The van der Waals surface area contributed by atoms with Crippen LogP contribution in [-0.4, -0.2) is 37.8 Å². The van der Waals surface area contributed by atoms with Crippen LogP contribution in [0, 0.1) is 6.92 Å². The number of nitrogens with zero attached hydrogens (tertiary/aromatic N) is 2. The Kier molecular flexibility index (Phi) is 8.23. The third-order valence-electron chi connectivity index (χ3n) is 3.27. The number of aromatic nitrogens is 1. The highest BCUT2D eigenvalue weighted by Gasteiger charge is 2.10. The number of hydrogen-bond acceptors (Lipinski definition) is 4. The van der Waals surface area contributed by atoms with E-state index in [-0.39, 0.29) is 0 Å². The molecule has 1 N–H and O–H groups in total. The Morgan fingerprint density at radius 3 is 2.75 bits per heavy atom. The zero-order valence-corrected chi connectivity index (χ0v) is 13.4. The molecule has 4 nitrogen and oxygen atoms in total. The summed E-state index contributed by atoms with van der Waals surface area (Å²) in [4.78, 5) is 6.80. The van der Waals surface area contributed by atoms with Gasteiger partial charge < -0.3 is 15.0 Å². The van der Waals surface area contributed by atoms with Gasteiger partial charge in [0.15, 0.2) is 0 Å². The summed E-state index contributed by atoms with van der Waals surface area (Å²) in [7, 11) is 0. The van der Waals surface area contributed by atoms with Crippen LogP contribution >= 0.6 is 0 Å². The molecule has 4 heteroatoms. The fourth-order valence-electron chi connectivity index (χ4n) is 2.17. The van der Waals surface area contributed by atoms with Crippen LogP contribution in [-0.2, 0) is 11.3 Å². The van der Waals surface area contributed by atoms with Crippen molar-refractivity contribution in [2.24, 2.45) is 0 Å². The van der Waals surface area contributed by atoms with Gasteiger partial charge in [-0.1, -0.05) is 6.92 Å². The Bertz CT molecular complexity index is 382. The van der Waals surface area contributed by atoms with Crippen molar-refractivity contribution in [3.05, 3.63) is 23.5 Å². The number of anilines is 1. The molecule has 1 aromatic rings. The molecule has 20 heavy (non-hydrogen) atoms. The lowest BCUT2D eigenvalue weighted by Crippen LogP contribution is -2.29. The van der Waals surface area contributed by atoms with Crippen molar-refractivity contribution in [3.8, 4) is 0 Å². The predicted octanol–water partition coefficient (Wildman–Crippen LogP) is 2.75. The van der Waals surface area contributed by atoms with E-state index in [9.17, 15) is 0 Å². The van der Waals surface area contributed by atoms with Crippen molar-refractivity contribution >= 4 is 5.69 Å². The quantitative estimate of drug-likeness (QED) is 0.668. The lowest BCUT2D eigenvalue weighted by Gasteiger charge is -2.26. The second-order valence-electron chi connectivity index (χ2n) is 4.91. The van der Waals surface area contributed by atoms with E-state index in [0.29, 0.717) is 0 Å². The highest BCUT2D eigenvalue weighted by molar-refractivity contribution is 5.53. The first-order valence-electron chi connectivity index (χ1n) is 7.71. The van der Waals surface area contributed by atoms with Gasteiger partial charge in [0.25, 0.3) is 0 Å². The van der Waals surface area contributed by atoms with Crippen LogP contribution in [0.1, 0.15) is 38.4 Å². The first kappa shape index (κ1) is 16.9. The van der Waals surface area contributed by atoms with E-state index in [2.05, 4.69) is 35.1 Å². The maximum Gasteiger partial charge on any atom is 0.0641 e. The zero-order valence-electron chi connectivity index (χ0n) is 13.4. The monoisotopic (exact) mass is 279 g/mol. The smallest absolute Gasteiger partial charge is 0.0641 e. The molecule has 0 aliphatic carbocycles. The molecule has 0 bridgehead atoms. The van der Waals surface area contributed by atoms with Gasteiger partial charge in [-0.2, -0.15) is 0 Å². The minimum atomic E-state index is 0.771. The fourth-order valence-corrected chi connectivity index (χ4v) is 2.17. The molecule has 0 atom stereocenters. The average molecular weight is 279 g/mol. The summed E-state index contributed by atoms with van der Waals surface area (Å²) >= 11 is 0. The maximum atomic E-state index is 5.48. The Labute approximate surface area is 123 Å². The van der Waals surface area contributed by atoms with E-state index in [1.165, 1.54) is 11.3 Å². The normalized spacial score (nSPS) is 10.8. The van der Waals surface area contributed by atoms with Crippen molar-refractivity contribution in [2.75, 3.05) is 37.7 Å². The van der Waals surface area contributed by atoms with Crippen LogP contribution in [0.2, 0.25) is 0 Å². The summed E-state index contributed by atoms with van der Waals surface area (Å²) in [6, 6.07) is 2.18. The number of ether oxygens (including phenoxy) is 1. The molecule has 1 rings (SSSR count). The van der Waals surface area contributed by atoms with E-state index >= 15 is 0 Å². The summed E-state index contributed by atoms with van der Waals surface area (Å²) in [6.45, 7) is 13.8. The number of rotatable bonds is 10. The Morgan fingerprint density at radius 2 is 2.10 bits per heavy atom. The summed E-state index contributed by atoms with van der Waals surface area (Å²) < 4.78 is 5.48. The third-order valence-corrected chi connectivity index (χ3v) is 3.27. The molecule has 0 unspecified atom stereocenters. The molecule has 0 radical (unpaired) electrons. The molecular weight excluding hydrogens is 250 g/mol. The number of likely N-dealkylation sites (N-methyl/N-ethyl adjacent to an activating group) is 1. The van der Waals surface area contributed by atoms with Gasteiger partial charge in [-0.05, 0) is 39.8 Å². The van der Waals surface area contributed by atoms with Crippen molar-refractivity contribution < 1.29 is 4.74 Å². The zero-order chi connectivity index (χ0) is 14.8. The Morgan fingerprint density at radius 1 is 1.30 bits per heavy atom. The standard InChI is InChI=1S/C16H29N3O/c1-5-8-17-12-15-13-18-14(4)11-16(15)19(6-2)9-10-20-7-3/h11,13,17H,5-10,12H2,1-4H3. The molecule has 0 aliphatic heterocycles. The molecule has 0 amide bonds. The summed E-state index contributed by atoms with van der Waals surface area (Å²) in [5, 5.41) is 3.46. The Balaban J connectivity index is 2.79. The second-order valence-corrected chi connectivity index (χ2v) is 4.91. The highest BCUT2D eigenvalue weighted by atomic mass is 16.5. The molecule has 0 saturated carbocycles. The number of hydrogen-bond donors (Lipinski definition) is 1. The molecule has 0 aliphatic rings. The van der Waals surface area contributed by atoms with Crippen LogP contribution in [0.5, 0.6) is 0 Å². The van der Waals surface area contributed by atoms with Crippen molar-refractivity contribution in [1.29, 1.82) is 0 Å². The van der Waals surface area contributed by atoms with E-state index in [1.807, 2.05) is 20.0 Å². The maximum absolute atomic E-state index is 5.48. The molecular formula is C16H29N3O. The average Bonchev–Trinajstić information content (AvgIpc) is 2.45. The summed E-state index contributed by atoms with van der Waals surface area (Å²) in [5.74, 6) is 0.